The van der Waals surface area contributed by atoms with Crippen LogP contribution < -0.4 is 10.1 Å². The quantitative estimate of drug-likeness (QED) is 0.909. The molecule has 1 amide bonds. The monoisotopic (exact) mass is 312 g/mol. The normalized spacial score (nSPS) is 19.0. The van der Waals surface area contributed by atoms with Gasteiger partial charge in [-0.1, -0.05) is 19.1 Å². The van der Waals surface area contributed by atoms with Gasteiger partial charge in [0.15, 0.2) is 0 Å². The van der Waals surface area contributed by atoms with Crippen LogP contribution in [0.5, 0.6) is 5.75 Å². The van der Waals surface area contributed by atoms with Gasteiger partial charge in [-0.15, -0.1) is 12.4 Å². The Hall–Kier alpha value is -1.26. The Labute approximate surface area is 133 Å². The van der Waals surface area contributed by atoms with Gasteiger partial charge in [0.2, 0.25) is 5.91 Å². The molecule has 1 aromatic rings. The van der Waals surface area contributed by atoms with Gasteiger partial charge in [0, 0.05) is 19.0 Å². The Kier molecular flexibility index (Phi) is 6.99. The van der Waals surface area contributed by atoms with E-state index < -0.39 is 0 Å². The summed E-state index contributed by atoms with van der Waals surface area (Å²) < 4.78 is 5.28. The van der Waals surface area contributed by atoms with Crippen LogP contribution in [0.25, 0.3) is 0 Å². The highest BCUT2D eigenvalue weighted by Crippen LogP contribution is 2.34. The molecule has 5 heteroatoms. The molecule has 21 heavy (non-hydrogen) atoms. The van der Waals surface area contributed by atoms with E-state index in [9.17, 15) is 4.79 Å². The summed E-state index contributed by atoms with van der Waals surface area (Å²) in [5.41, 5.74) is 1.17. The molecular formula is C16H25ClN2O2. The fraction of sp³-hybridized carbons (Fsp3) is 0.562. The average molecular weight is 313 g/mol. The number of likely N-dealkylation sites (tertiary alicyclic amines) is 1. The second-order valence-corrected chi connectivity index (χ2v) is 5.42. The largest absolute Gasteiger partial charge is 0.497 e. The Morgan fingerprint density at radius 1 is 1.52 bits per heavy atom. The van der Waals surface area contributed by atoms with Gasteiger partial charge in [-0.25, -0.2) is 0 Å². The number of nitrogens with zero attached hydrogens (tertiary/aromatic N) is 1. The summed E-state index contributed by atoms with van der Waals surface area (Å²) in [5, 5.41) is 3.08. The molecule has 118 valence electrons. The van der Waals surface area contributed by atoms with E-state index in [1.165, 1.54) is 5.56 Å². The summed E-state index contributed by atoms with van der Waals surface area (Å²) in [6.45, 7) is 3.56. The third-order valence-electron chi connectivity index (χ3n) is 3.95. The molecule has 0 bridgehead atoms. The summed E-state index contributed by atoms with van der Waals surface area (Å²) in [5.74, 6) is 1.11. The number of nitrogens with one attached hydrogen (secondary N) is 1. The molecule has 1 aliphatic rings. The van der Waals surface area contributed by atoms with Gasteiger partial charge in [0.25, 0.3) is 0 Å². The molecule has 1 fully saturated rings. The van der Waals surface area contributed by atoms with E-state index in [0.29, 0.717) is 0 Å². The van der Waals surface area contributed by atoms with Gasteiger partial charge in [-0.2, -0.15) is 0 Å². The lowest BCUT2D eigenvalue weighted by molar-refractivity contribution is -0.135. The molecular weight excluding hydrogens is 288 g/mol. The molecule has 0 saturated carbocycles. The van der Waals surface area contributed by atoms with E-state index in [1.807, 2.05) is 37.1 Å². The van der Waals surface area contributed by atoms with Crippen LogP contribution in [0.1, 0.15) is 31.4 Å². The van der Waals surface area contributed by atoms with Crippen molar-refractivity contribution in [3.8, 4) is 5.75 Å². The van der Waals surface area contributed by atoms with Crippen LogP contribution in [0, 0.1) is 5.92 Å². The minimum absolute atomic E-state index is 0. The molecule has 1 aliphatic heterocycles. The highest BCUT2D eigenvalue weighted by molar-refractivity contribution is 5.85. The fourth-order valence-electron chi connectivity index (χ4n) is 2.90. The first-order chi connectivity index (χ1) is 9.67. The van der Waals surface area contributed by atoms with Gasteiger partial charge in [-0.05, 0) is 37.6 Å². The number of carbonyl (C=O) groups excluding carboxylic acids is 1. The number of hydrogen-bond donors (Lipinski definition) is 1. The topological polar surface area (TPSA) is 41.6 Å². The highest BCUT2D eigenvalue weighted by Gasteiger charge is 2.32. The first-order valence-electron chi connectivity index (χ1n) is 7.26. The first kappa shape index (κ1) is 17.8. The zero-order valence-corrected chi connectivity index (χ0v) is 13.8. The number of benzene rings is 1. The van der Waals surface area contributed by atoms with Crippen molar-refractivity contribution < 1.29 is 9.53 Å². The van der Waals surface area contributed by atoms with Crippen LogP contribution in [0.15, 0.2) is 24.3 Å². The molecule has 1 aromatic carbocycles. The first-order valence-corrected chi connectivity index (χ1v) is 7.26. The van der Waals surface area contributed by atoms with Crippen LogP contribution in [0.4, 0.5) is 0 Å². The zero-order valence-electron chi connectivity index (χ0n) is 13.0. The molecule has 2 unspecified atom stereocenters. The van der Waals surface area contributed by atoms with Gasteiger partial charge >= 0.3 is 0 Å². The molecule has 2 rings (SSSR count). The number of rotatable bonds is 5. The number of hydrogen-bond acceptors (Lipinski definition) is 3. The Morgan fingerprint density at radius 3 is 2.95 bits per heavy atom. The van der Waals surface area contributed by atoms with Gasteiger partial charge in [-0.3, -0.25) is 4.79 Å². The van der Waals surface area contributed by atoms with E-state index in [0.717, 1.165) is 31.7 Å². The number of ether oxygens (including phenoxy) is 1. The predicted octanol–water partition coefficient (Wildman–Crippen LogP) is 2.64. The van der Waals surface area contributed by atoms with Gasteiger partial charge < -0.3 is 15.0 Å². The van der Waals surface area contributed by atoms with Gasteiger partial charge in [0.1, 0.15) is 5.75 Å². The molecule has 2 atom stereocenters. The Balaban J connectivity index is 0.00000220. The summed E-state index contributed by atoms with van der Waals surface area (Å²) in [7, 11) is 3.55. The molecule has 0 spiro atoms. The zero-order chi connectivity index (χ0) is 14.5. The van der Waals surface area contributed by atoms with Crippen molar-refractivity contribution in [1.82, 2.24) is 10.2 Å². The maximum absolute atomic E-state index is 12.5. The van der Waals surface area contributed by atoms with Crippen LogP contribution in [0.3, 0.4) is 0 Å². The van der Waals surface area contributed by atoms with E-state index in [2.05, 4.69) is 11.4 Å². The smallest absolute Gasteiger partial charge is 0.227 e. The van der Waals surface area contributed by atoms with Crippen molar-refractivity contribution in [3.63, 3.8) is 0 Å². The lowest BCUT2D eigenvalue weighted by Crippen LogP contribution is -2.38. The highest BCUT2D eigenvalue weighted by atomic mass is 35.5. The van der Waals surface area contributed by atoms with Gasteiger partial charge in [0.05, 0.1) is 13.2 Å². The standard InChI is InChI=1S/C16H24N2O2.ClH/c1-12(11-17-2)16(19)18-9-5-8-15(18)13-6-4-7-14(10-13)20-3;/h4,6-7,10,12,15,17H,5,8-9,11H2,1-3H3;1H. The van der Waals surface area contributed by atoms with Crippen LogP contribution in [-0.4, -0.2) is 38.1 Å². The van der Waals surface area contributed by atoms with E-state index in [1.54, 1.807) is 7.11 Å². The Morgan fingerprint density at radius 2 is 2.29 bits per heavy atom. The lowest BCUT2D eigenvalue weighted by atomic mass is 10.0. The fourth-order valence-corrected chi connectivity index (χ4v) is 2.90. The summed E-state index contributed by atoms with van der Waals surface area (Å²) >= 11 is 0. The third kappa shape index (κ3) is 4.11. The predicted molar refractivity (Wildman–Crippen MR) is 87.0 cm³/mol. The van der Waals surface area contributed by atoms with E-state index >= 15 is 0 Å². The number of methoxy groups -OCH3 is 1. The molecule has 1 heterocycles. The molecule has 0 aliphatic carbocycles. The van der Waals surface area contributed by atoms with Crippen molar-refractivity contribution in [1.29, 1.82) is 0 Å². The van der Waals surface area contributed by atoms with Crippen LogP contribution in [0.2, 0.25) is 0 Å². The third-order valence-corrected chi connectivity index (χ3v) is 3.95. The molecule has 1 saturated heterocycles. The molecule has 4 nitrogen and oxygen atoms in total. The molecule has 1 N–H and O–H groups in total. The summed E-state index contributed by atoms with van der Waals surface area (Å²) in [4.78, 5) is 14.6. The summed E-state index contributed by atoms with van der Waals surface area (Å²) in [6, 6.07) is 8.25. The second-order valence-electron chi connectivity index (χ2n) is 5.42. The maximum Gasteiger partial charge on any atom is 0.227 e. The maximum atomic E-state index is 12.5. The number of carbonyl (C=O) groups is 1. The van der Waals surface area contributed by atoms with Crippen molar-refractivity contribution in [2.75, 3.05) is 27.2 Å². The minimum Gasteiger partial charge on any atom is -0.497 e. The van der Waals surface area contributed by atoms with Crippen molar-refractivity contribution in [2.45, 2.75) is 25.8 Å². The van der Waals surface area contributed by atoms with Crippen molar-refractivity contribution in [2.24, 2.45) is 5.92 Å². The van der Waals surface area contributed by atoms with Crippen molar-refractivity contribution >= 4 is 18.3 Å². The SMILES string of the molecule is CNCC(C)C(=O)N1CCCC1c1cccc(OC)c1.Cl. The average Bonchev–Trinajstić information content (AvgIpc) is 2.96. The molecule has 0 aromatic heterocycles. The number of halogens is 1. The molecule has 0 radical (unpaired) electrons. The minimum atomic E-state index is 0. The van der Waals surface area contributed by atoms with Crippen molar-refractivity contribution in [3.05, 3.63) is 29.8 Å². The van der Waals surface area contributed by atoms with Crippen LogP contribution in [-0.2, 0) is 4.79 Å². The van der Waals surface area contributed by atoms with E-state index in [-0.39, 0.29) is 30.3 Å². The lowest BCUT2D eigenvalue weighted by Gasteiger charge is -2.28. The van der Waals surface area contributed by atoms with E-state index in [4.69, 9.17) is 4.74 Å². The Bertz CT molecular complexity index is 467. The van der Waals surface area contributed by atoms with Crippen LogP contribution >= 0.6 is 12.4 Å². The summed E-state index contributed by atoms with van der Waals surface area (Å²) in [6.07, 6.45) is 2.10. The number of amides is 1. The second kappa shape index (κ2) is 8.25.